The van der Waals surface area contributed by atoms with Gasteiger partial charge in [-0.2, -0.15) is 0 Å². The van der Waals surface area contributed by atoms with E-state index in [0.29, 0.717) is 18.3 Å². The molecule has 0 amide bonds. The summed E-state index contributed by atoms with van der Waals surface area (Å²) in [6.45, 7) is 5.17. The number of allylic oxidation sites excluding steroid dienone is 2. The Bertz CT molecular complexity index is 3610. The summed E-state index contributed by atoms with van der Waals surface area (Å²) in [5.74, 6) is 1.14. The minimum atomic E-state index is 0.197. The minimum absolute atomic E-state index is 0.197. The molecule has 1 atom stereocenters. The molecule has 11 rings (SSSR count). The van der Waals surface area contributed by atoms with Crippen LogP contribution in [0, 0.1) is 11.3 Å². The number of amidine groups is 2. The van der Waals surface area contributed by atoms with E-state index < -0.39 is 0 Å². The van der Waals surface area contributed by atoms with Crippen molar-refractivity contribution in [3.8, 4) is 5.69 Å². The van der Waals surface area contributed by atoms with Crippen LogP contribution in [-0.2, 0) is 0 Å². The average molecular weight is 815 g/mol. The van der Waals surface area contributed by atoms with E-state index in [-0.39, 0.29) is 5.84 Å². The van der Waals surface area contributed by atoms with Gasteiger partial charge in [0.05, 0.1) is 16.7 Å². The third-order valence-electron chi connectivity index (χ3n) is 12.7. The van der Waals surface area contributed by atoms with Crippen LogP contribution < -0.4 is 5.32 Å². The number of aliphatic imine (C=N–C) groups is 1. The molecule has 0 spiro atoms. The van der Waals surface area contributed by atoms with Gasteiger partial charge in [0.15, 0.2) is 5.84 Å². The zero-order chi connectivity index (χ0) is 42.4. The van der Waals surface area contributed by atoms with Crippen LogP contribution in [0.1, 0.15) is 43.4 Å². The average Bonchev–Trinajstić information content (AvgIpc) is 3.88. The molecule has 0 aliphatic rings. The number of furan rings is 1. The normalized spacial score (nSPS) is 13.0. The van der Waals surface area contributed by atoms with Gasteiger partial charge in [-0.25, -0.2) is 4.99 Å². The van der Waals surface area contributed by atoms with Crippen molar-refractivity contribution >= 4 is 93.3 Å². The van der Waals surface area contributed by atoms with Gasteiger partial charge >= 0.3 is 0 Å². The molecule has 0 saturated heterocycles. The standard InChI is InChI=1S/C58H46N4O/c1-3-17-43(38-18-6-4-7-19-38)37(2)32-33-60-58(61-57(59)40-21-8-5-9-22-40)48-28-16-29-53-54(48)50-36-52(45-26-14-15-27-47(45)56(50)63-53)62-51-35-42-24-11-10-23-41(42)34-49(51)46-31-30-39-20-12-13-25-44(39)55(46)62/h4-31,34-37H,3,32-33H2,1-2H3,(H2,59,60,61)/b43-17+. The first-order chi connectivity index (χ1) is 31.1. The van der Waals surface area contributed by atoms with Crippen LogP contribution in [0.3, 0.4) is 0 Å². The molecule has 0 fully saturated rings. The topological polar surface area (TPSA) is 66.3 Å². The van der Waals surface area contributed by atoms with Crippen LogP contribution >= 0.6 is 0 Å². The number of rotatable bonds is 9. The van der Waals surface area contributed by atoms with Gasteiger partial charge in [0, 0.05) is 55.4 Å². The van der Waals surface area contributed by atoms with Gasteiger partial charge in [-0.1, -0.05) is 178 Å². The fraction of sp³-hybridized carbons (Fsp3) is 0.103. The summed E-state index contributed by atoms with van der Waals surface area (Å²) in [5.41, 5.74) is 9.27. The summed E-state index contributed by atoms with van der Waals surface area (Å²) in [7, 11) is 0. The predicted octanol–water partition coefficient (Wildman–Crippen LogP) is 15.0. The Morgan fingerprint density at radius 3 is 2.06 bits per heavy atom. The van der Waals surface area contributed by atoms with Crippen LogP contribution in [-0.4, -0.2) is 22.8 Å². The fourth-order valence-electron chi connectivity index (χ4n) is 9.71. The maximum Gasteiger partial charge on any atom is 0.154 e. The summed E-state index contributed by atoms with van der Waals surface area (Å²) in [4.78, 5) is 5.10. The predicted molar refractivity (Wildman–Crippen MR) is 267 cm³/mol. The van der Waals surface area contributed by atoms with Gasteiger partial charge in [-0.3, -0.25) is 5.41 Å². The Balaban J connectivity index is 1.13. The first kappa shape index (κ1) is 38.2. The molecule has 9 aromatic carbocycles. The molecule has 0 saturated carbocycles. The van der Waals surface area contributed by atoms with Crippen LogP contribution in [0.15, 0.2) is 197 Å². The highest BCUT2D eigenvalue weighted by Crippen LogP contribution is 2.44. The molecule has 63 heavy (non-hydrogen) atoms. The number of hydrogen-bond donors (Lipinski definition) is 2. The highest BCUT2D eigenvalue weighted by Gasteiger charge is 2.23. The van der Waals surface area contributed by atoms with Gasteiger partial charge < -0.3 is 14.3 Å². The van der Waals surface area contributed by atoms with E-state index in [1.54, 1.807) is 0 Å². The molecule has 2 aromatic heterocycles. The molecule has 5 nitrogen and oxygen atoms in total. The van der Waals surface area contributed by atoms with Crippen molar-refractivity contribution in [2.75, 3.05) is 6.54 Å². The van der Waals surface area contributed by atoms with Crippen LogP contribution in [0.2, 0.25) is 0 Å². The van der Waals surface area contributed by atoms with E-state index in [9.17, 15) is 5.41 Å². The molecule has 11 aromatic rings. The highest BCUT2D eigenvalue weighted by atomic mass is 16.3. The van der Waals surface area contributed by atoms with Crippen molar-refractivity contribution < 1.29 is 4.42 Å². The maximum absolute atomic E-state index is 9.25. The van der Waals surface area contributed by atoms with Crippen molar-refractivity contribution in [2.45, 2.75) is 26.7 Å². The minimum Gasteiger partial charge on any atom is -0.455 e. The molecule has 0 radical (unpaired) electrons. The zero-order valence-corrected chi connectivity index (χ0v) is 35.4. The van der Waals surface area contributed by atoms with E-state index in [4.69, 9.17) is 9.41 Å². The molecule has 2 heterocycles. The van der Waals surface area contributed by atoms with Crippen molar-refractivity contribution in [3.63, 3.8) is 0 Å². The number of fused-ring (bicyclic) bond motifs is 11. The van der Waals surface area contributed by atoms with Gasteiger partial charge in [-0.15, -0.1) is 0 Å². The Morgan fingerprint density at radius 2 is 1.30 bits per heavy atom. The van der Waals surface area contributed by atoms with E-state index in [2.05, 4.69) is 175 Å². The lowest BCUT2D eigenvalue weighted by Gasteiger charge is -2.19. The lowest BCUT2D eigenvalue weighted by atomic mass is 9.90. The summed E-state index contributed by atoms with van der Waals surface area (Å²) < 4.78 is 9.40. The Kier molecular flexibility index (Phi) is 9.65. The van der Waals surface area contributed by atoms with Gasteiger partial charge in [0.25, 0.3) is 0 Å². The van der Waals surface area contributed by atoms with E-state index in [1.165, 1.54) is 49.0 Å². The molecule has 5 heteroatoms. The lowest BCUT2D eigenvalue weighted by molar-refractivity contribution is 0.646. The van der Waals surface area contributed by atoms with Crippen LogP contribution in [0.25, 0.3) is 87.3 Å². The van der Waals surface area contributed by atoms with Crippen LogP contribution in [0.4, 0.5) is 0 Å². The Morgan fingerprint density at radius 1 is 0.635 bits per heavy atom. The molecular weight excluding hydrogens is 769 g/mol. The van der Waals surface area contributed by atoms with Gasteiger partial charge in [0.2, 0.25) is 0 Å². The number of benzene rings is 9. The largest absolute Gasteiger partial charge is 0.455 e. The summed E-state index contributed by atoms with van der Waals surface area (Å²) in [6, 6.07) is 64.2. The number of aromatic nitrogens is 1. The van der Waals surface area contributed by atoms with E-state index >= 15 is 0 Å². The second kappa shape index (κ2) is 15.9. The van der Waals surface area contributed by atoms with Crippen molar-refractivity contribution in [3.05, 3.63) is 205 Å². The molecule has 2 N–H and O–H groups in total. The van der Waals surface area contributed by atoms with E-state index in [0.717, 1.165) is 67.9 Å². The molecule has 0 aliphatic carbocycles. The number of nitrogens with zero attached hydrogens (tertiary/aromatic N) is 2. The first-order valence-corrected chi connectivity index (χ1v) is 22.0. The third kappa shape index (κ3) is 6.65. The molecule has 1 unspecified atom stereocenters. The van der Waals surface area contributed by atoms with Crippen molar-refractivity contribution in [1.82, 2.24) is 9.88 Å². The number of hydrogen-bond acceptors (Lipinski definition) is 2. The van der Waals surface area contributed by atoms with Crippen molar-refractivity contribution in [1.29, 1.82) is 5.41 Å². The fourth-order valence-corrected chi connectivity index (χ4v) is 9.71. The highest BCUT2D eigenvalue weighted by molar-refractivity contribution is 6.26. The summed E-state index contributed by atoms with van der Waals surface area (Å²) in [5, 5.41) is 24.4. The monoisotopic (exact) mass is 814 g/mol. The summed E-state index contributed by atoms with van der Waals surface area (Å²) in [6.07, 6.45) is 4.20. The molecule has 304 valence electrons. The van der Waals surface area contributed by atoms with Gasteiger partial charge in [-0.05, 0) is 70.3 Å². The maximum atomic E-state index is 9.25. The zero-order valence-electron chi connectivity index (χ0n) is 35.4. The van der Waals surface area contributed by atoms with Crippen molar-refractivity contribution in [2.24, 2.45) is 10.9 Å². The van der Waals surface area contributed by atoms with E-state index in [1.807, 2.05) is 36.4 Å². The second-order valence-corrected chi connectivity index (χ2v) is 16.6. The van der Waals surface area contributed by atoms with Crippen LogP contribution in [0.5, 0.6) is 0 Å². The smallest absolute Gasteiger partial charge is 0.154 e. The second-order valence-electron chi connectivity index (χ2n) is 16.6. The summed E-state index contributed by atoms with van der Waals surface area (Å²) >= 11 is 0. The lowest BCUT2D eigenvalue weighted by Crippen LogP contribution is -2.28. The number of nitrogens with one attached hydrogen (secondary N) is 2. The molecular formula is C58H46N4O. The quantitative estimate of drug-likeness (QED) is 0.113. The SMILES string of the molecule is CC/C=C(/c1ccccc1)C(C)CCN/C(=N\C(=N)c1ccccc1)c1cccc2oc3c4ccccc4c(-n4c5cc6ccccc6cc5c5ccc6ccccc6c54)cc3c12. The first-order valence-electron chi connectivity index (χ1n) is 22.0. The molecule has 0 bridgehead atoms. The Labute approximate surface area is 366 Å². The van der Waals surface area contributed by atoms with Gasteiger partial charge in [0.1, 0.15) is 17.0 Å². The molecule has 0 aliphatic heterocycles. The Hall–Kier alpha value is -7.76. The third-order valence-corrected chi connectivity index (χ3v) is 12.7.